The molecule has 24 heavy (non-hydrogen) atoms. The zero-order valence-corrected chi connectivity index (χ0v) is 14.4. The molecule has 0 spiro atoms. The Morgan fingerprint density at radius 1 is 1.21 bits per heavy atom. The van der Waals surface area contributed by atoms with E-state index in [0.29, 0.717) is 12.1 Å². The van der Waals surface area contributed by atoms with Gasteiger partial charge in [-0.2, -0.15) is 0 Å². The maximum atomic E-state index is 13.8. The Morgan fingerprint density at radius 2 is 1.88 bits per heavy atom. The summed E-state index contributed by atoms with van der Waals surface area (Å²) in [6, 6.07) is 10.1. The average molecular weight is 355 g/mol. The number of hydrogen-bond acceptors (Lipinski definition) is 2. The molecule has 0 radical (unpaired) electrons. The first-order valence-corrected chi connectivity index (χ1v) is 7.44. The molecule has 0 aliphatic heterocycles. The van der Waals surface area contributed by atoms with E-state index in [0.717, 1.165) is 23.8 Å². The minimum atomic E-state index is -0.550. The normalized spacial score (nSPS) is 11.5. The number of carbonyl (C=O) groups excluding carboxylic acids is 1. The van der Waals surface area contributed by atoms with Gasteiger partial charge in [-0.1, -0.05) is 18.2 Å². The molecule has 130 valence electrons. The fraction of sp³-hybridized carbons (Fsp3) is 0.278. The Bertz CT molecular complexity index is 709. The van der Waals surface area contributed by atoms with Gasteiger partial charge in [0.15, 0.2) is 0 Å². The van der Waals surface area contributed by atoms with Gasteiger partial charge in [-0.15, -0.1) is 12.4 Å². The fourth-order valence-electron chi connectivity index (χ4n) is 2.44. The number of amides is 1. The third kappa shape index (κ3) is 4.68. The van der Waals surface area contributed by atoms with Crippen molar-refractivity contribution in [3.05, 3.63) is 65.2 Å². The van der Waals surface area contributed by atoms with Crippen LogP contribution in [0.25, 0.3) is 0 Å². The van der Waals surface area contributed by atoms with Gasteiger partial charge in [0.25, 0.3) is 0 Å². The van der Waals surface area contributed by atoms with Gasteiger partial charge in [0.1, 0.15) is 11.6 Å². The van der Waals surface area contributed by atoms with Crippen molar-refractivity contribution >= 4 is 24.0 Å². The van der Waals surface area contributed by atoms with Crippen LogP contribution in [0.2, 0.25) is 0 Å². The molecule has 1 atom stereocenters. The highest BCUT2D eigenvalue weighted by atomic mass is 35.5. The number of halogens is 3. The van der Waals surface area contributed by atoms with Gasteiger partial charge >= 0.3 is 0 Å². The van der Waals surface area contributed by atoms with Crippen LogP contribution in [-0.2, 0) is 11.2 Å². The molecule has 1 amide bonds. The van der Waals surface area contributed by atoms with Crippen molar-refractivity contribution in [3.8, 4) is 0 Å². The molecule has 3 nitrogen and oxygen atoms in total. The monoisotopic (exact) mass is 354 g/mol. The lowest BCUT2D eigenvalue weighted by Gasteiger charge is -2.26. The molecule has 2 N–H and O–H groups in total. The van der Waals surface area contributed by atoms with E-state index in [1.54, 1.807) is 20.0 Å². The topological polar surface area (TPSA) is 46.3 Å². The summed E-state index contributed by atoms with van der Waals surface area (Å²) in [5.74, 6) is -1.19. The van der Waals surface area contributed by atoms with E-state index in [4.69, 9.17) is 5.73 Å². The molecule has 0 bridgehead atoms. The quantitative estimate of drug-likeness (QED) is 0.821. The zero-order chi connectivity index (χ0) is 17.0. The summed E-state index contributed by atoms with van der Waals surface area (Å²) >= 11 is 0. The first kappa shape index (κ1) is 19.9. The largest absolute Gasteiger partial charge is 0.399 e. The molecule has 0 aliphatic rings. The molecule has 0 saturated carbocycles. The molecule has 1 unspecified atom stereocenters. The number of benzene rings is 2. The Morgan fingerprint density at radius 3 is 2.54 bits per heavy atom. The van der Waals surface area contributed by atoms with E-state index in [-0.39, 0.29) is 30.3 Å². The standard InChI is InChI=1S/C18H20F2N2O.ClH/c1-12(15-11-14(19)8-9-16(15)20)22(2)18(23)10-7-13-5-3-4-6-17(13)21;/h3-6,8-9,11-12H,7,10,21H2,1-2H3;1H. The van der Waals surface area contributed by atoms with Crippen molar-refractivity contribution in [3.63, 3.8) is 0 Å². The highest BCUT2D eigenvalue weighted by Crippen LogP contribution is 2.24. The molecule has 6 heteroatoms. The number of nitrogens with zero attached hydrogens (tertiary/aromatic N) is 1. The van der Waals surface area contributed by atoms with Crippen LogP contribution in [0.15, 0.2) is 42.5 Å². The summed E-state index contributed by atoms with van der Waals surface area (Å²) in [5.41, 5.74) is 7.57. The van der Waals surface area contributed by atoms with Crippen LogP contribution in [0.3, 0.4) is 0 Å². The minimum Gasteiger partial charge on any atom is -0.399 e. The zero-order valence-electron chi connectivity index (χ0n) is 13.6. The smallest absolute Gasteiger partial charge is 0.223 e. The Balaban J connectivity index is 0.00000288. The van der Waals surface area contributed by atoms with Crippen LogP contribution >= 0.6 is 12.4 Å². The van der Waals surface area contributed by atoms with E-state index in [9.17, 15) is 13.6 Å². The van der Waals surface area contributed by atoms with Crippen molar-refractivity contribution < 1.29 is 13.6 Å². The van der Waals surface area contributed by atoms with E-state index in [1.807, 2.05) is 18.2 Å². The number of rotatable bonds is 5. The summed E-state index contributed by atoms with van der Waals surface area (Å²) in [5, 5.41) is 0. The van der Waals surface area contributed by atoms with Crippen molar-refractivity contribution in [1.82, 2.24) is 4.90 Å². The fourth-order valence-corrected chi connectivity index (χ4v) is 2.44. The van der Waals surface area contributed by atoms with Gasteiger partial charge in [0.05, 0.1) is 6.04 Å². The van der Waals surface area contributed by atoms with Crippen LogP contribution in [0.1, 0.15) is 30.5 Å². The molecule has 2 rings (SSSR count). The predicted octanol–water partition coefficient (Wildman–Crippen LogP) is 4.12. The Hall–Kier alpha value is -2.14. The number of carbonyl (C=O) groups is 1. The highest BCUT2D eigenvalue weighted by molar-refractivity contribution is 5.85. The molecule has 2 aromatic carbocycles. The van der Waals surface area contributed by atoms with Gasteiger partial charge < -0.3 is 10.6 Å². The lowest BCUT2D eigenvalue weighted by molar-refractivity contribution is -0.131. The predicted molar refractivity (Wildman–Crippen MR) is 94.0 cm³/mol. The van der Waals surface area contributed by atoms with Crippen molar-refractivity contribution in [2.45, 2.75) is 25.8 Å². The maximum Gasteiger partial charge on any atom is 0.223 e. The van der Waals surface area contributed by atoms with Crippen molar-refractivity contribution in [2.75, 3.05) is 12.8 Å². The molecule has 0 fully saturated rings. The lowest BCUT2D eigenvalue weighted by atomic mass is 10.0. The number of anilines is 1. The second kappa shape index (κ2) is 8.64. The summed E-state index contributed by atoms with van der Waals surface area (Å²) in [4.78, 5) is 13.7. The molecule has 0 aromatic heterocycles. The second-order valence-electron chi connectivity index (χ2n) is 5.55. The lowest BCUT2D eigenvalue weighted by Crippen LogP contribution is -2.30. The molecular weight excluding hydrogens is 334 g/mol. The first-order chi connectivity index (χ1) is 10.9. The molecule has 0 saturated heterocycles. The number of hydrogen-bond donors (Lipinski definition) is 1. The van der Waals surface area contributed by atoms with E-state index in [2.05, 4.69) is 0 Å². The van der Waals surface area contributed by atoms with E-state index >= 15 is 0 Å². The van der Waals surface area contributed by atoms with Crippen LogP contribution in [-0.4, -0.2) is 17.9 Å². The van der Waals surface area contributed by atoms with Crippen molar-refractivity contribution in [2.24, 2.45) is 0 Å². The summed E-state index contributed by atoms with van der Waals surface area (Å²) in [7, 11) is 1.59. The summed E-state index contributed by atoms with van der Waals surface area (Å²) in [6.07, 6.45) is 0.764. The van der Waals surface area contributed by atoms with E-state index < -0.39 is 17.7 Å². The van der Waals surface area contributed by atoms with Crippen LogP contribution in [0.5, 0.6) is 0 Å². The Kier molecular flexibility index (Phi) is 7.17. The molecule has 2 aromatic rings. The number of aryl methyl sites for hydroxylation is 1. The second-order valence-corrected chi connectivity index (χ2v) is 5.55. The van der Waals surface area contributed by atoms with Crippen LogP contribution in [0, 0.1) is 11.6 Å². The molecule has 0 aliphatic carbocycles. The van der Waals surface area contributed by atoms with Crippen LogP contribution < -0.4 is 5.73 Å². The van der Waals surface area contributed by atoms with Gasteiger partial charge in [0.2, 0.25) is 5.91 Å². The average Bonchev–Trinajstić information content (AvgIpc) is 2.54. The summed E-state index contributed by atoms with van der Waals surface area (Å²) < 4.78 is 27.1. The number of para-hydroxylation sites is 1. The van der Waals surface area contributed by atoms with Gasteiger partial charge in [-0.3, -0.25) is 4.79 Å². The minimum absolute atomic E-state index is 0. The Labute approximate surface area is 146 Å². The first-order valence-electron chi connectivity index (χ1n) is 7.44. The van der Waals surface area contributed by atoms with Gasteiger partial charge in [0, 0.05) is 24.7 Å². The van der Waals surface area contributed by atoms with Gasteiger partial charge in [-0.05, 0) is 43.2 Å². The number of nitrogens with two attached hydrogens (primary N) is 1. The van der Waals surface area contributed by atoms with Gasteiger partial charge in [-0.25, -0.2) is 8.78 Å². The van der Waals surface area contributed by atoms with Crippen molar-refractivity contribution in [1.29, 1.82) is 0 Å². The number of nitrogen functional groups attached to an aromatic ring is 1. The summed E-state index contributed by atoms with van der Waals surface area (Å²) in [6.45, 7) is 1.67. The third-order valence-corrected chi connectivity index (χ3v) is 4.05. The third-order valence-electron chi connectivity index (χ3n) is 4.05. The maximum absolute atomic E-state index is 13.8. The SMILES string of the molecule is CC(c1cc(F)ccc1F)N(C)C(=O)CCc1ccccc1N.Cl. The van der Waals surface area contributed by atoms with E-state index in [1.165, 1.54) is 4.90 Å². The molecule has 0 heterocycles. The highest BCUT2D eigenvalue weighted by Gasteiger charge is 2.20. The molecular formula is C18H21ClF2N2O. The van der Waals surface area contributed by atoms with Crippen LogP contribution in [0.4, 0.5) is 14.5 Å².